The number of benzene rings is 4. The van der Waals surface area contributed by atoms with Crippen molar-refractivity contribution in [1.82, 2.24) is 0 Å². The first-order valence-electron chi connectivity index (χ1n) is 14.1. The summed E-state index contributed by atoms with van der Waals surface area (Å²) < 4.78 is 70.6. The summed E-state index contributed by atoms with van der Waals surface area (Å²) in [6, 6.07) is 13.6. The Labute approximate surface area is 327 Å². The number of nitrogens with one attached hydrogen (secondary N) is 1. The van der Waals surface area contributed by atoms with Crippen LogP contribution in [0.4, 0.5) is 22.7 Å². The number of hydrogen-bond donors (Lipinski definition) is 3. The zero-order valence-corrected chi connectivity index (χ0v) is 32.8. The molecular formula is C30H29N7Na2O8S2. The van der Waals surface area contributed by atoms with Crippen molar-refractivity contribution in [2.24, 2.45) is 15.3 Å². The molecule has 0 unspecified atom stereocenters. The number of hydrogen-bond acceptors (Lipinski definition) is 12. The normalized spacial score (nSPS) is 11.4. The van der Waals surface area contributed by atoms with E-state index in [4.69, 9.17) is 11.3 Å². The quantitative estimate of drug-likeness (QED) is 0.0348. The van der Waals surface area contributed by atoms with E-state index >= 15 is 0 Å². The Bertz CT molecular complexity index is 2190. The number of unbranched alkanes of at least 4 members (excludes halogenated alkanes) is 2. The number of carbonyl (C=O) groups excluding carboxylic acids is 1. The van der Waals surface area contributed by atoms with Gasteiger partial charge < -0.3 is 25.3 Å². The number of azo groups is 1. The molecule has 0 spiro atoms. The molecule has 0 fully saturated rings. The van der Waals surface area contributed by atoms with Crippen LogP contribution in [-0.2, 0) is 25.0 Å². The molecule has 4 aromatic rings. The van der Waals surface area contributed by atoms with E-state index < -0.39 is 46.9 Å². The Kier molecular flexibility index (Phi) is 15.2. The fourth-order valence-corrected chi connectivity index (χ4v) is 6.30. The number of carbonyl (C=O) groups is 1. The van der Waals surface area contributed by atoms with Crippen LogP contribution in [0.1, 0.15) is 36.8 Å². The topological polar surface area (TPSA) is 263 Å². The van der Waals surface area contributed by atoms with Crippen molar-refractivity contribution in [3.63, 3.8) is 0 Å². The average molecular weight is 726 g/mol. The summed E-state index contributed by atoms with van der Waals surface area (Å²) in [6.45, 7) is 4.07. The van der Waals surface area contributed by atoms with Crippen molar-refractivity contribution < 1.29 is 95.0 Å². The second-order valence-electron chi connectivity index (χ2n) is 10.6. The third kappa shape index (κ3) is 10.5. The van der Waals surface area contributed by atoms with E-state index in [0.29, 0.717) is 42.4 Å². The van der Waals surface area contributed by atoms with Gasteiger partial charge in [-0.2, -0.15) is 5.11 Å². The maximum atomic E-state index is 12.4. The van der Waals surface area contributed by atoms with Gasteiger partial charge in [-0.1, -0.05) is 29.7 Å². The van der Waals surface area contributed by atoms with Crippen LogP contribution in [0.2, 0.25) is 0 Å². The van der Waals surface area contributed by atoms with Crippen LogP contribution < -0.4 is 70.2 Å². The van der Waals surface area contributed by atoms with Gasteiger partial charge in [-0.15, -0.1) is 5.11 Å². The number of phenols is 1. The fourth-order valence-electron chi connectivity index (χ4n) is 4.89. The van der Waals surface area contributed by atoms with Crippen LogP contribution in [0.5, 0.6) is 5.75 Å². The first-order chi connectivity index (χ1) is 22.1. The number of anilines is 2. The molecule has 19 heteroatoms. The van der Waals surface area contributed by atoms with Crippen LogP contribution >= 0.6 is 0 Å². The maximum absolute atomic E-state index is 12.4. The summed E-state index contributed by atoms with van der Waals surface area (Å²) in [5.41, 5.74) is 17.5. The van der Waals surface area contributed by atoms with Crippen LogP contribution in [-0.4, -0.2) is 43.5 Å². The molecule has 0 aliphatic heterocycles. The first kappa shape index (κ1) is 42.1. The molecule has 0 bridgehead atoms. The number of phenolic OH excluding ortho intramolecular Hbond substituents is 1. The second-order valence-corrected chi connectivity index (χ2v) is 13.3. The van der Waals surface area contributed by atoms with Gasteiger partial charge in [0.15, 0.2) is 5.75 Å². The fraction of sp³-hybridized carbons (Fsp3) is 0.233. The van der Waals surface area contributed by atoms with Gasteiger partial charge in [0.1, 0.15) is 25.9 Å². The number of nitrogens with zero attached hydrogens (tertiary/aromatic N) is 5. The van der Waals surface area contributed by atoms with Gasteiger partial charge in [0.05, 0.1) is 26.6 Å². The minimum Gasteiger partial charge on any atom is -0.744 e. The summed E-state index contributed by atoms with van der Waals surface area (Å²) in [5, 5.41) is 24.5. The average Bonchev–Trinajstić information content (AvgIpc) is 2.99. The van der Waals surface area contributed by atoms with Crippen molar-refractivity contribution in [3.8, 4) is 16.9 Å². The Morgan fingerprint density at radius 2 is 1.45 bits per heavy atom. The zero-order valence-electron chi connectivity index (χ0n) is 27.2. The monoisotopic (exact) mass is 725 g/mol. The predicted octanol–water partition coefficient (Wildman–Crippen LogP) is 0.452. The van der Waals surface area contributed by atoms with E-state index in [1.165, 1.54) is 6.07 Å². The first-order valence-corrected chi connectivity index (χ1v) is 16.9. The van der Waals surface area contributed by atoms with Gasteiger partial charge in [0.2, 0.25) is 5.91 Å². The molecular weight excluding hydrogens is 696 g/mol. The summed E-state index contributed by atoms with van der Waals surface area (Å²) in [6.07, 6.45) is 2.54. The van der Waals surface area contributed by atoms with Gasteiger partial charge in [-0.3, -0.25) is 4.79 Å². The van der Waals surface area contributed by atoms with E-state index in [-0.39, 0.29) is 76.1 Å². The molecule has 0 saturated heterocycles. The van der Waals surface area contributed by atoms with E-state index in [1.54, 1.807) is 19.1 Å². The van der Waals surface area contributed by atoms with E-state index in [1.807, 2.05) is 31.2 Å². The number of nitrogens with two attached hydrogens (primary N) is 1. The third-order valence-electron chi connectivity index (χ3n) is 7.28. The van der Waals surface area contributed by atoms with Gasteiger partial charge in [-0.25, -0.2) is 16.8 Å². The van der Waals surface area contributed by atoms with Crippen LogP contribution in [0.25, 0.3) is 32.3 Å². The van der Waals surface area contributed by atoms with Crippen molar-refractivity contribution in [3.05, 3.63) is 76.2 Å². The zero-order chi connectivity index (χ0) is 34.5. The number of rotatable bonds is 12. The van der Waals surface area contributed by atoms with Gasteiger partial charge >= 0.3 is 59.1 Å². The molecule has 15 nitrogen and oxygen atoms in total. The molecule has 0 aromatic heterocycles. The minimum atomic E-state index is -5.32. The van der Waals surface area contributed by atoms with Crippen LogP contribution in [0.15, 0.2) is 79.7 Å². The third-order valence-corrected chi connectivity index (χ3v) is 9.03. The molecule has 0 aliphatic carbocycles. The van der Waals surface area contributed by atoms with Gasteiger partial charge in [0, 0.05) is 29.0 Å². The number of aryl methyl sites for hydroxylation is 2. The Balaban J connectivity index is 0.00000417. The summed E-state index contributed by atoms with van der Waals surface area (Å²) >= 11 is 0. The molecule has 0 saturated carbocycles. The second kappa shape index (κ2) is 17.7. The molecule has 246 valence electrons. The number of amides is 1. The summed E-state index contributed by atoms with van der Waals surface area (Å²) in [7, 11) is -10.6. The number of nitrogen functional groups attached to an aromatic ring is 1. The molecule has 0 heterocycles. The summed E-state index contributed by atoms with van der Waals surface area (Å²) in [5.74, 6) is -0.886. The van der Waals surface area contributed by atoms with Crippen molar-refractivity contribution in [1.29, 1.82) is 0 Å². The van der Waals surface area contributed by atoms with E-state index in [0.717, 1.165) is 35.6 Å². The minimum absolute atomic E-state index is 0. The largest absolute Gasteiger partial charge is 1.00 e. The molecule has 0 radical (unpaired) electrons. The van der Waals surface area contributed by atoms with Crippen LogP contribution in [0, 0.1) is 13.8 Å². The molecule has 4 rings (SSSR count). The maximum Gasteiger partial charge on any atom is 1.00 e. The van der Waals surface area contributed by atoms with Crippen molar-refractivity contribution in [2.45, 2.75) is 49.3 Å². The Morgan fingerprint density at radius 3 is 2.04 bits per heavy atom. The Hall–Kier alpha value is -3.06. The molecule has 4 aromatic carbocycles. The standard InChI is InChI=1S/C30H31N7O8S2.2Na/c1-17-14-19(7-10-22(17)34-27(38)6-4-3-5-13-33-37-32)20-8-11-23(18(2)15-20)35-36-24-12-9-21-25(46(40,41)42)16-26(47(43,44)45)29(31)28(21)30(24)39;;/h7-12,14-16,39H,3-6,13,31H2,1-2H3,(H,34,38)(H,40,41,42)(H,43,44,45);;/q;2*+1/p-2. The molecule has 49 heavy (non-hydrogen) atoms. The van der Waals surface area contributed by atoms with E-state index in [2.05, 4.69) is 25.6 Å². The molecule has 0 atom stereocenters. The predicted molar refractivity (Wildman–Crippen MR) is 173 cm³/mol. The van der Waals surface area contributed by atoms with Crippen LogP contribution in [0.3, 0.4) is 0 Å². The van der Waals surface area contributed by atoms with Crippen molar-refractivity contribution >= 4 is 59.7 Å². The van der Waals surface area contributed by atoms with E-state index in [9.17, 15) is 35.8 Å². The number of azide groups is 1. The molecule has 1 amide bonds. The van der Waals surface area contributed by atoms with Gasteiger partial charge in [0.25, 0.3) is 0 Å². The van der Waals surface area contributed by atoms with Gasteiger partial charge in [-0.05, 0) is 90.9 Å². The summed E-state index contributed by atoms with van der Waals surface area (Å²) in [4.78, 5) is 12.9. The van der Waals surface area contributed by atoms with Crippen molar-refractivity contribution in [2.75, 3.05) is 17.6 Å². The number of aromatic hydroxyl groups is 1. The molecule has 0 aliphatic rings. The number of fused-ring (bicyclic) bond motifs is 1. The SMILES string of the molecule is Cc1cc(-c2ccc(NC(=O)CCCCCN=[N+]=[N-])c(C)c2)ccc1N=Nc1ccc2c(S(=O)(=O)[O-])cc(S(=O)(=O)[O-])c(N)c2c1O.[Na+].[Na+]. The Morgan fingerprint density at radius 1 is 0.857 bits per heavy atom. The molecule has 4 N–H and O–H groups in total. The smallest absolute Gasteiger partial charge is 0.744 e.